The van der Waals surface area contributed by atoms with Crippen molar-refractivity contribution >= 4 is 5.78 Å². The third-order valence-corrected chi connectivity index (χ3v) is 4.14. The van der Waals surface area contributed by atoms with E-state index in [0.717, 1.165) is 0 Å². The Morgan fingerprint density at radius 1 is 1.05 bits per heavy atom. The van der Waals surface area contributed by atoms with Gasteiger partial charge in [-0.05, 0) is 27.7 Å². The molecular weight excluding hydrogens is 252 g/mol. The molecule has 106 valence electrons. The highest BCUT2D eigenvalue weighted by Crippen LogP contribution is 2.60. The molecule has 0 N–H and O–H groups in total. The van der Waals surface area contributed by atoms with Crippen molar-refractivity contribution in [2.24, 2.45) is 0 Å². The molecule has 1 spiro atoms. The summed E-state index contributed by atoms with van der Waals surface area (Å²) in [4.78, 5) is 12.6. The number of hydrogen-bond donors (Lipinski definition) is 0. The highest BCUT2D eigenvalue weighted by Gasteiger charge is 2.85. The van der Waals surface area contributed by atoms with E-state index >= 15 is 0 Å². The van der Waals surface area contributed by atoms with Gasteiger partial charge in [-0.25, -0.2) is 0 Å². The van der Waals surface area contributed by atoms with Crippen molar-refractivity contribution in [2.45, 2.75) is 69.3 Å². The predicted molar refractivity (Wildman–Crippen MR) is 61.3 cm³/mol. The van der Waals surface area contributed by atoms with Crippen LogP contribution in [0.25, 0.3) is 0 Å². The monoisotopic (exact) mass is 270 g/mol. The minimum Gasteiger partial charge on any atom is -0.358 e. The van der Waals surface area contributed by atoms with Crippen LogP contribution in [0.5, 0.6) is 0 Å². The summed E-state index contributed by atoms with van der Waals surface area (Å²) in [6.45, 7) is 7.63. The van der Waals surface area contributed by atoms with E-state index < -0.39 is 23.3 Å². The first-order chi connectivity index (χ1) is 8.75. The third-order valence-electron chi connectivity index (χ3n) is 4.14. The van der Waals surface area contributed by atoms with Gasteiger partial charge in [0.05, 0.1) is 6.61 Å². The second kappa shape index (κ2) is 3.20. The van der Waals surface area contributed by atoms with Gasteiger partial charge in [0.25, 0.3) is 0 Å². The van der Waals surface area contributed by atoms with Crippen molar-refractivity contribution in [1.29, 1.82) is 0 Å². The SMILES string of the molecule is CC1(C)OCC([C@H]2OC3[C@@H]4OC(C)(C)O[C@@]34C2=O)O1. The van der Waals surface area contributed by atoms with E-state index in [1.165, 1.54) is 0 Å². The van der Waals surface area contributed by atoms with Crippen molar-refractivity contribution in [3.63, 3.8) is 0 Å². The van der Waals surface area contributed by atoms with E-state index in [4.69, 9.17) is 23.7 Å². The fraction of sp³-hybridized carbons (Fsp3) is 0.923. The lowest BCUT2D eigenvalue weighted by atomic mass is 10.1. The Labute approximate surface area is 111 Å². The average molecular weight is 270 g/mol. The molecule has 0 amide bonds. The zero-order valence-electron chi connectivity index (χ0n) is 11.5. The Balaban J connectivity index is 1.53. The molecule has 0 bridgehead atoms. The summed E-state index contributed by atoms with van der Waals surface area (Å²) in [5.74, 6) is -1.45. The van der Waals surface area contributed by atoms with E-state index in [1.54, 1.807) is 0 Å². The van der Waals surface area contributed by atoms with Crippen molar-refractivity contribution in [3.05, 3.63) is 0 Å². The second-order valence-electron chi connectivity index (χ2n) is 6.54. The molecule has 0 aromatic rings. The Bertz CT molecular complexity index is 458. The summed E-state index contributed by atoms with van der Waals surface area (Å²) in [6, 6.07) is 0. The van der Waals surface area contributed by atoms with Gasteiger partial charge in [-0.1, -0.05) is 0 Å². The molecule has 6 heteroatoms. The molecule has 6 nitrogen and oxygen atoms in total. The Hall–Kier alpha value is -0.530. The Kier molecular flexibility index (Phi) is 2.06. The first kappa shape index (κ1) is 12.2. The molecule has 5 atom stereocenters. The number of ketones is 1. The van der Waals surface area contributed by atoms with Crippen molar-refractivity contribution in [3.8, 4) is 0 Å². The quantitative estimate of drug-likeness (QED) is 0.686. The first-order valence-electron chi connectivity index (χ1n) is 6.65. The molecule has 1 saturated carbocycles. The van der Waals surface area contributed by atoms with Crippen LogP contribution in [0.1, 0.15) is 27.7 Å². The topological polar surface area (TPSA) is 63.2 Å². The molecule has 2 unspecified atom stereocenters. The minimum absolute atomic E-state index is 0.0700. The van der Waals surface area contributed by atoms with E-state index in [1.807, 2.05) is 27.7 Å². The highest BCUT2D eigenvalue weighted by atomic mass is 16.8. The summed E-state index contributed by atoms with van der Waals surface area (Å²) in [5, 5.41) is 0. The summed E-state index contributed by atoms with van der Waals surface area (Å²) < 4.78 is 28.4. The van der Waals surface area contributed by atoms with Gasteiger partial charge < -0.3 is 23.7 Å². The van der Waals surface area contributed by atoms with Gasteiger partial charge in [-0.3, -0.25) is 4.79 Å². The third kappa shape index (κ3) is 1.46. The largest absolute Gasteiger partial charge is 0.358 e. The summed E-state index contributed by atoms with van der Waals surface area (Å²) in [5.41, 5.74) is -0.899. The molecule has 3 aliphatic heterocycles. The molecule has 1 aliphatic carbocycles. The Morgan fingerprint density at radius 2 is 1.79 bits per heavy atom. The maximum atomic E-state index is 12.6. The van der Waals surface area contributed by atoms with Crippen LogP contribution in [-0.2, 0) is 28.5 Å². The molecule has 0 radical (unpaired) electrons. The van der Waals surface area contributed by atoms with Gasteiger partial charge in [0.1, 0.15) is 24.4 Å². The maximum absolute atomic E-state index is 12.6. The smallest absolute Gasteiger partial charge is 0.201 e. The van der Waals surface area contributed by atoms with Crippen molar-refractivity contribution in [1.82, 2.24) is 0 Å². The van der Waals surface area contributed by atoms with E-state index in [0.29, 0.717) is 6.61 Å². The van der Waals surface area contributed by atoms with E-state index in [-0.39, 0.29) is 24.1 Å². The van der Waals surface area contributed by atoms with Crippen LogP contribution in [-0.4, -0.2) is 54.0 Å². The van der Waals surface area contributed by atoms with Crippen LogP contribution in [0.2, 0.25) is 0 Å². The normalized spacial score (nSPS) is 53.2. The van der Waals surface area contributed by atoms with Gasteiger partial charge in [0.2, 0.25) is 5.78 Å². The number of rotatable bonds is 1. The van der Waals surface area contributed by atoms with Crippen LogP contribution in [0, 0.1) is 0 Å². The van der Waals surface area contributed by atoms with Crippen LogP contribution < -0.4 is 0 Å². The Morgan fingerprint density at radius 3 is 2.42 bits per heavy atom. The number of fused-ring (bicyclic) bond motifs is 1. The lowest BCUT2D eigenvalue weighted by Gasteiger charge is -2.21. The second-order valence-corrected chi connectivity index (χ2v) is 6.54. The van der Waals surface area contributed by atoms with Gasteiger partial charge in [-0.15, -0.1) is 0 Å². The molecule has 4 rings (SSSR count). The van der Waals surface area contributed by atoms with Gasteiger partial charge in [-0.2, -0.15) is 0 Å². The highest BCUT2D eigenvalue weighted by molar-refractivity contribution is 6.00. The van der Waals surface area contributed by atoms with E-state index in [9.17, 15) is 4.79 Å². The zero-order chi connectivity index (χ0) is 13.6. The molecule has 0 aromatic carbocycles. The summed E-state index contributed by atoms with van der Waals surface area (Å²) >= 11 is 0. The first-order valence-corrected chi connectivity index (χ1v) is 6.65. The van der Waals surface area contributed by atoms with Crippen LogP contribution >= 0.6 is 0 Å². The number of carbonyl (C=O) groups is 1. The lowest BCUT2D eigenvalue weighted by Crippen LogP contribution is -2.42. The minimum atomic E-state index is -0.899. The van der Waals surface area contributed by atoms with E-state index in [2.05, 4.69) is 0 Å². The molecule has 4 aliphatic rings. The average Bonchev–Trinajstić information content (AvgIpc) is 2.64. The fourth-order valence-electron chi connectivity index (χ4n) is 3.37. The molecule has 3 saturated heterocycles. The molecule has 0 aromatic heterocycles. The fourth-order valence-corrected chi connectivity index (χ4v) is 3.37. The van der Waals surface area contributed by atoms with Crippen LogP contribution in [0.3, 0.4) is 0 Å². The lowest BCUT2D eigenvalue weighted by molar-refractivity contribution is -0.197. The standard InChI is InChI=1S/C13H18O6/c1-11(2)15-5-6(17-11)7-8(14)13-9(16-7)10(13)18-12(3,4)19-13/h6-7,9-10H,5H2,1-4H3/t6?,7-,9?,10+,13+/m1/s1. The summed E-state index contributed by atoms with van der Waals surface area (Å²) in [6.07, 6.45) is -1.52. The number of Topliss-reactive ketones (excluding diaryl/α,β-unsaturated/α-hetero) is 1. The van der Waals surface area contributed by atoms with Gasteiger partial charge >= 0.3 is 0 Å². The maximum Gasteiger partial charge on any atom is 0.201 e. The summed E-state index contributed by atoms with van der Waals surface area (Å²) in [7, 11) is 0. The number of ether oxygens (including phenoxy) is 5. The van der Waals surface area contributed by atoms with Crippen LogP contribution in [0.4, 0.5) is 0 Å². The number of carbonyl (C=O) groups excluding carboxylic acids is 1. The molecule has 19 heavy (non-hydrogen) atoms. The number of hydrogen-bond acceptors (Lipinski definition) is 6. The molecule has 3 heterocycles. The van der Waals surface area contributed by atoms with Crippen molar-refractivity contribution < 1.29 is 28.5 Å². The molecular formula is C13H18O6. The van der Waals surface area contributed by atoms with Crippen LogP contribution in [0.15, 0.2) is 0 Å². The molecule has 4 fully saturated rings. The predicted octanol–water partition coefficient (Wildman–Crippen LogP) is 0.378. The van der Waals surface area contributed by atoms with Crippen molar-refractivity contribution in [2.75, 3.05) is 6.61 Å². The van der Waals surface area contributed by atoms with Gasteiger partial charge in [0.15, 0.2) is 17.2 Å². The zero-order valence-corrected chi connectivity index (χ0v) is 11.5. The van der Waals surface area contributed by atoms with Gasteiger partial charge in [0, 0.05) is 0 Å².